The summed E-state index contributed by atoms with van der Waals surface area (Å²) in [5, 5.41) is 12.3. The molecular formula is C10H17IN6O. The highest BCUT2D eigenvalue weighted by atomic mass is 127. The van der Waals surface area contributed by atoms with E-state index in [1.165, 1.54) is 0 Å². The van der Waals surface area contributed by atoms with E-state index in [4.69, 9.17) is 0 Å². The summed E-state index contributed by atoms with van der Waals surface area (Å²) in [5.74, 6) is 0.742. The maximum absolute atomic E-state index is 11.5. The predicted molar refractivity (Wildman–Crippen MR) is 79.3 cm³/mol. The third kappa shape index (κ3) is 3.86. The van der Waals surface area contributed by atoms with Crippen LogP contribution in [0, 0.1) is 0 Å². The fraction of sp³-hybridized carbons (Fsp3) is 0.500. The predicted octanol–water partition coefficient (Wildman–Crippen LogP) is -0.351. The van der Waals surface area contributed by atoms with Gasteiger partial charge in [-0.25, -0.2) is 0 Å². The van der Waals surface area contributed by atoms with E-state index in [9.17, 15) is 4.79 Å². The van der Waals surface area contributed by atoms with Crippen LogP contribution in [-0.2, 0) is 0 Å². The number of nitrogens with zero attached hydrogens (tertiary/aromatic N) is 3. The van der Waals surface area contributed by atoms with Crippen LogP contribution in [-0.4, -0.2) is 60.2 Å². The van der Waals surface area contributed by atoms with Gasteiger partial charge in [-0.05, 0) is 6.07 Å². The molecule has 1 amide bonds. The number of likely N-dealkylation sites (N-methyl/N-ethyl adjacent to an activating group) is 1. The van der Waals surface area contributed by atoms with Crippen LogP contribution < -0.4 is 10.6 Å². The van der Waals surface area contributed by atoms with Gasteiger partial charge in [0.15, 0.2) is 5.96 Å². The lowest BCUT2D eigenvalue weighted by atomic mass is 10.4. The van der Waals surface area contributed by atoms with Crippen LogP contribution in [0.1, 0.15) is 10.5 Å². The number of nitrogens with one attached hydrogen (secondary N) is 3. The molecule has 8 heteroatoms. The van der Waals surface area contributed by atoms with E-state index >= 15 is 0 Å². The summed E-state index contributed by atoms with van der Waals surface area (Å²) in [4.78, 5) is 17.9. The number of carbonyl (C=O) groups excluding carboxylic acids is 1. The molecule has 100 valence electrons. The van der Waals surface area contributed by atoms with Gasteiger partial charge >= 0.3 is 0 Å². The number of aliphatic imine (C=N–C) groups is 1. The van der Waals surface area contributed by atoms with Crippen molar-refractivity contribution in [2.24, 2.45) is 4.99 Å². The van der Waals surface area contributed by atoms with Crippen LogP contribution in [0.2, 0.25) is 0 Å². The third-order valence-electron chi connectivity index (χ3n) is 2.50. The van der Waals surface area contributed by atoms with Crippen LogP contribution in [0.15, 0.2) is 17.3 Å². The second kappa shape index (κ2) is 7.19. The Morgan fingerprint density at radius 1 is 1.56 bits per heavy atom. The minimum absolute atomic E-state index is 0. The average Bonchev–Trinajstić information content (AvgIpc) is 2.96. The molecule has 0 radical (unpaired) electrons. The molecule has 2 heterocycles. The quantitative estimate of drug-likeness (QED) is 0.504. The molecule has 0 atom stereocenters. The molecule has 0 bridgehead atoms. The molecule has 1 aliphatic rings. The van der Waals surface area contributed by atoms with E-state index in [-0.39, 0.29) is 29.9 Å². The van der Waals surface area contributed by atoms with Gasteiger partial charge in [0.1, 0.15) is 5.69 Å². The van der Waals surface area contributed by atoms with E-state index < -0.39 is 0 Å². The molecule has 0 unspecified atom stereocenters. The first-order chi connectivity index (χ1) is 8.27. The Hall–Kier alpha value is -1.32. The zero-order valence-corrected chi connectivity index (χ0v) is 12.5. The summed E-state index contributed by atoms with van der Waals surface area (Å²) in [7, 11) is 1.99. The van der Waals surface area contributed by atoms with Gasteiger partial charge in [-0.15, -0.1) is 24.0 Å². The standard InChI is InChI=1S/C10H16N6O.HI/c1-16-7-6-13-10(16)12-5-4-11-9(17)8-2-3-14-15-8;/h2-3H,4-7H2,1H3,(H,11,17)(H,12,13)(H,14,15);1H. The van der Waals surface area contributed by atoms with E-state index in [2.05, 4.69) is 30.7 Å². The summed E-state index contributed by atoms with van der Waals surface area (Å²) in [6.45, 7) is 2.98. The number of halogens is 1. The summed E-state index contributed by atoms with van der Waals surface area (Å²) in [5.41, 5.74) is 0.473. The van der Waals surface area contributed by atoms with Crippen LogP contribution in [0.4, 0.5) is 0 Å². The molecule has 0 spiro atoms. The van der Waals surface area contributed by atoms with Gasteiger partial charge in [0.25, 0.3) is 5.91 Å². The summed E-state index contributed by atoms with van der Waals surface area (Å²) in [6.07, 6.45) is 1.55. The molecule has 1 aliphatic heterocycles. The first-order valence-electron chi connectivity index (χ1n) is 5.54. The van der Waals surface area contributed by atoms with E-state index in [0.717, 1.165) is 19.0 Å². The van der Waals surface area contributed by atoms with Crippen molar-refractivity contribution in [3.05, 3.63) is 18.0 Å². The lowest BCUT2D eigenvalue weighted by Gasteiger charge is -2.15. The number of guanidine groups is 1. The van der Waals surface area contributed by atoms with Crippen LogP contribution in [0.3, 0.4) is 0 Å². The highest BCUT2D eigenvalue weighted by molar-refractivity contribution is 14.0. The Balaban J connectivity index is 0.00000162. The lowest BCUT2D eigenvalue weighted by Crippen LogP contribution is -2.40. The number of rotatable bonds is 4. The van der Waals surface area contributed by atoms with Gasteiger partial charge in [0.05, 0.1) is 6.54 Å². The largest absolute Gasteiger partial charge is 0.354 e. The summed E-state index contributed by atoms with van der Waals surface area (Å²) >= 11 is 0. The minimum Gasteiger partial charge on any atom is -0.354 e. The van der Waals surface area contributed by atoms with Crippen molar-refractivity contribution in [1.29, 1.82) is 0 Å². The molecule has 0 saturated heterocycles. The van der Waals surface area contributed by atoms with Crippen molar-refractivity contribution in [2.75, 3.05) is 33.2 Å². The van der Waals surface area contributed by atoms with Gasteiger partial charge in [-0.3, -0.25) is 14.9 Å². The van der Waals surface area contributed by atoms with E-state index in [1.54, 1.807) is 12.3 Å². The molecule has 2 rings (SSSR count). The second-order valence-corrected chi connectivity index (χ2v) is 3.78. The molecule has 0 fully saturated rings. The van der Waals surface area contributed by atoms with Gasteiger partial charge in [0, 0.05) is 32.9 Å². The van der Waals surface area contributed by atoms with E-state index in [1.807, 2.05) is 7.05 Å². The van der Waals surface area contributed by atoms with Crippen molar-refractivity contribution in [3.63, 3.8) is 0 Å². The Labute approximate surface area is 122 Å². The minimum atomic E-state index is -0.147. The number of aromatic nitrogens is 2. The molecule has 1 aromatic rings. The van der Waals surface area contributed by atoms with Crippen LogP contribution >= 0.6 is 24.0 Å². The highest BCUT2D eigenvalue weighted by Crippen LogP contribution is 1.94. The fourth-order valence-electron chi connectivity index (χ4n) is 1.55. The SMILES string of the molecule is CN1CCN=C1NCCNC(=O)c1ccn[nH]1.I. The zero-order valence-electron chi connectivity index (χ0n) is 10.1. The number of amides is 1. The van der Waals surface area contributed by atoms with E-state index in [0.29, 0.717) is 18.8 Å². The summed E-state index contributed by atoms with van der Waals surface area (Å²) < 4.78 is 0. The van der Waals surface area contributed by atoms with Gasteiger partial charge < -0.3 is 15.5 Å². The van der Waals surface area contributed by atoms with Crippen molar-refractivity contribution in [2.45, 2.75) is 0 Å². The summed E-state index contributed by atoms with van der Waals surface area (Å²) in [6, 6.07) is 1.64. The average molecular weight is 364 g/mol. The van der Waals surface area contributed by atoms with Gasteiger partial charge in [0.2, 0.25) is 0 Å². The van der Waals surface area contributed by atoms with Crippen LogP contribution in [0.25, 0.3) is 0 Å². The smallest absolute Gasteiger partial charge is 0.269 e. The van der Waals surface area contributed by atoms with Crippen molar-refractivity contribution < 1.29 is 4.79 Å². The van der Waals surface area contributed by atoms with Crippen molar-refractivity contribution in [1.82, 2.24) is 25.7 Å². The van der Waals surface area contributed by atoms with Crippen LogP contribution in [0.5, 0.6) is 0 Å². The maximum Gasteiger partial charge on any atom is 0.269 e. The molecule has 0 aromatic carbocycles. The molecule has 3 N–H and O–H groups in total. The fourth-order valence-corrected chi connectivity index (χ4v) is 1.55. The number of hydrogen-bond acceptors (Lipinski definition) is 5. The molecule has 0 saturated carbocycles. The normalized spacial score (nSPS) is 13.8. The third-order valence-corrected chi connectivity index (χ3v) is 2.50. The molecule has 1 aromatic heterocycles. The Kier molecular flexibility index (Phi) is 5.89. The Morgan fingerprint density at radius 3 is 3.00 bits per heavy atom. The Bertz CT molecular complexity index is 405. The van der Waals surface area contributed by atoms with Crippen molar-refractivity contribution in [3.8, 4) is 0 Å². The number of aromatic amines is 1. The monoisotopic (exact) mass is 364 g/mol. The lowest BCUT2D eigenvalue weighted by molar-refractivity contribution is 0.0949. The number of hydrogen-bond donors (Lipinski definition) is 3. The Morgan fingerprint density at radius 2 is 2.39 bits per heavy atom. The zero-order chi connectivity index (χ0) is 12.1. The first-order valence-corrected chi connectivity index (χ1v) is 5.54. The molecule has 0 aliphatic carbocycles. The first kappa shape index (κ1) is 14.7. The number of carbonyl (C=O) groups is 1. The topological polar surface area (TPSA) is 85.4 Å². The maximum atomic E-state index is 11.5. The van der Waals surface area contributed by atoms with Gasteiger partial charge in [-0.2, -0.15) is 5.10 Å². The highest BCUT2D eigenvalue weighted by Gasteiger charge is 2.11. The van der Waals surface area contributed by atoms with Gasteiger partial charge in [-0.1, -0.05) is 0 Å². The van der Waals surface area contributed by atoms with Crippen molar-refractivity contribution >= 4 is 35.8 Å². The molecule has 18 heavy (non-hydrogen) atoms. The number of H-pyrrole nitrogens is 1. The second-order valence-electron chi connectivity index (χ2n) is 3.78. The molecular weight excluding hydrogens is 347 g/mol. The molecule has 7 nitrogen and oxygen atoms in total.